The first kappa shape index (κ1) is 13.2. The maximum atomic E-state index is 5.82. The first-order valence-electron chi connectivity index (χ1n) is 6.88. The van der Waals surface area contributed by atoms with Gasteiger partial charge in [-0.2, -0.15) is 0 Å². The smallest absolute Gasteiger partial charge is 0.248 e. The molecule has 1 aromatic heterocycles. The number of rotatable bonds is 2. The van der Waals surface area contributed by atoms with Gasteiger partial charge in [-0.05, 0) is 41.1 Å². The van der Waals surface area contributed by atoms with Crippen LogP contribution in [0.4, 0.5) is 0 Å². The molecule has 0 bridgehead atoms. The van der Waals surface area contributed by atoms with Crippen LogP contribution in [0, 0.1) is 0 Å². The van der Waals surface area contributed by atoms with Crippen molar-refractivity contribution in [3.63, 3.8) is 0 Å². The highest BCUT2D eigenvalue weighted by Gasteiger charge is 2.11. The second-order valence-electron chi connectivity index (χ2n) is 4.98. The highest BCUT2D eigenvalue weighted by atomic mass is 79.9. The lowest BCUT2D eigenvalue weighted by Gasteiger charge is -1.99. The quantitative estimate of drug-likeness (QED) is 0.491. The molecule has 0 amide bonds. The molecule has 0 saturated heterocycles. The Morgan fingerprint density at radius 3 is 2.18 bits per heavy atom. The predicted molar refractivity (Wildman–Crippen MR) is 90.4 cm³/mol. The molecular weight excluding hydrogens is 340 g/mol. The minimum absolute atomic E-state index is 0.518. The van der Waals surface area contributed by atoms with Crippen LogP contribution in [0.3, 0.4) is 0 Å². The first-order chi connectivity index (χ1) is 10.8. The summed E-state index contributed by atoms with van der Waals surface area (Å²) in [6.45, 7) is 0. The zero-order valence-electron chi connectivity index (χ0n) is 11.5. The molecule has 4 rings (SSSR count). The molecule has 3 nitrogen and oxygen atoms in total. The summed E-state index contributed by atoms with van der Waals surface area (Å²) in [4.78, 5) is 0. The second-order valence-corrected chi connectivity index (χ2v) is 5.90. The standard InChI is InChI=1S/C18H11BrN2O/c19-16-7-3-6-14(11-16)17-20-21-18(22-17)15-9-8-12-4-1-2-5-13(12)10-15/h1-11H. The van der Waals surface area contributed by atoms with E-state index in [1.807, 2.05) is 42.5 Å². The topological polar surface area (TPSA) is 38.9 Å². The zero-order valence-corrected chi connectivity index (χ0v) is 13.1. The summed E-state index contributed by atoms with van der Waals surface area (Å²) in [6.07, 6.45) is 0. The number of aromatic nitrogens is 2. The zero-order chi connectivity index (χ0) is 14.9. The van der Waals surface area contributed by atoms with Gasteiger partial charge < -0.3 is 4.42 Å². The normalized spacial score (nSPS) is 11.0. The van der Waals surface area contributed by atoms with Crippen LogP contribution in [0.15, 0.2) is 75.6 Å². The molecule has 0 saturated carbocycles. The van der Waals surface area contributed by atoms with Crippen LogP contribution in [0.1, 0.15) is 0 Å². The van der Waals surface area contributed by atoms with Gasteiger partial charge in [-0.25, -0.2) is 0 Å². The van der Waals surface area contributed by atoms with Gasteiger partial charge in [-0.15, -0.1) is 10.2 Å². The highest BCUT2D eigenvalue weighted by Crippen LogP contribution is 2.27. The third-order valence-corrected chi connectivity index (χ3v) is 3.99. The van der Waals surface area contributed by atoms with E-state index >= 15 is 0 Å². The lowest BCUT2D eigenvalue weighted by molar-refractivity contribution is 0.584. The Bertz CT molecular complexity index is 962. The largest absolute Gasteiger partial charge is 0.416 e. The van der Waals surface area contributed by atoms with Gasteiger partial charge in [-0.3, -0.25) is 0 Å². The number of hydrogen-bond donors (Lipinski definition) is 0. The summed E-state index contributed by atoms with van der Waals surface area (Å²) in [7, 11) is 0. The van der Waals surface area contributed by atoms with Gasteiger partial charge in [0.25, 0.3) is 0 Å². The van der Waals surface area contributed by atoms with Crippen molar-refractivity contribution in [2.75, 3.05) is 0 Å². The average Bonchev–Trinajstić information content (AvgIpc) is 3.04. The van der Waals surface area contributed by atoms with Crippen LogP contribution in [0.25, 0.3) is 33.7 Å². The van der Waals surface area contributed by atoms with Gasteiger partial charge in [0.1, 0.15) is 0 Å². The molecule has 106 valence electrons. The van der Waals surface area contributed by atoms with Crippen molar-refractivity contribution in [1.29, 1.82) is 0 Å². The van der Waals surface area contributed by atoms with Gasteiger partial charge >= 0.3 is 0 Å². The molecule has 0 N–H and O–H groups in total. The van der Waals surface area contributed by atoms with Gasteiger partial charge in [0, 0.05) is 15.6 Å². The minimum Gasteiger partial charge on any atom is -0.416 e. The van der Waals surface area contributed by atoms with Crippen molar-refractivity contribution in [3.8, 4) is 22.9 Å². The summed E-state index contributed by atoms with van der Waals surface area (Å²) < 4.78 is 6.80. The third-order valence-electron chi connectivity index (χ3n) is 3.49. The molecule has 1 heterocycles. The van der Waals surface area contributed by atoms with E-state index in [9.17, 15) is 0 Å². The van der Waals surface area contributed by atoms with E-state index in [1.54, 1.807) is 0 Å². The lowest BCUT2D eigenvalue weighted by Crippen LogP contribution is -1.79. The Balaban J connectivity index is 1.76. The van der Waals surface area contributed by atoms with E-state index in [-0.39, 0.29) is 0 Å². The number of halogens is 1. The summed E-state index contributed by atoms with van der Waals surface area (Å²) in [5, 5.41) is 10.7. The number of hydrogen-bond acceptors (Lipinski definition) is 3. The van der Waals surface area contributed by atoms with E-state index < -0.39 is 0 Å². The Kier molecular flexibility index (Phi) is 3.24. The van der Waals surface area contributed by atoms with Gasteiger partial charge in [-0.1, -0.05) is 52.3 Å². The summed E-state index contributed by atoms with van der Waals surface area (Å²) in [6, 6.07) is 22.1. The molecule has 0 aliphatic rings. The van der Waals surface area contributed by atoms with Crippen molar-refractivity contribution in [2.24, 2.45) is 0 Å². The highest BCUT2D eigenvalue weighted by molar-refractivity contribution is 9.10. The minimum atomic E-state index is 0.518. The molecule has 4 heteroatoms. The van der Waals surface area contributed by atoms with Crippen molar-refractivity contribution in [3.05, 3.63) is 71.2 Å². The van der Waals surface area contributed by atoms with Crippen LogP contribution >= 0.6 is 15.9 Å². The summed E-state index contributed by atoms with van der Waals surface area (Å²) in [5.74, 6) is 1.05. The molecule has 0 fully saturated rings. The van der Waals surface area contributed by atoms with E-state index in [0.29, 0.717) is 11.8 Å². The Hall–Kier alpha value is -2.46. The third kappa shape index (κ3) is 2.42. The van der Waals surface area contributed by atoms with Crippen LogP contribution in [0.5, 0.6) is 0 Å². The molecule has 4 aromatic rings. The molecule has 0 aliphatic carbocycles. The van der Waals surface area contributed by atoms with Gasteiger partial charge in [0.05, 0.1) is 0 Å². The predicted octanol–water partition coefficient (Wildman–Crippen LogP) is 5.32. The SMILES string of the molecule is Brc1cccc(-c2nnc(-c3ccc4ccccc4c3)o2)c1. The summed E-state index contributed by atoms with van der Waals surface area (Å²) in [5.41, 5.74) is 1.82. The van der Waals surface area contributed by atoms with E-state index in [0.717, 1.165) is 21.0 Å². The van der Waals surface area contributed by atoms with E-state index in [2.05, 4.69) is 50.4 Å². The fraction of sp³-hybridized carbons (Fsp3) is 0. The second kappa shape index (κ2) is 5.39. The number of nitrogens with zero attached hydrogens (tertiary/aromatic N) is 2. The van der Waals surface area contributed by atoms with Crippen LogP contribution in [-0.2, 0) is 0 Å². The van der Waals surface area contributed by atoms with Crippen LogP contribution < -0.4 is 0 Å². The monoisotopic (exact) mass is 350 g/mol. The van der Waals surface area contributed by atoms with Crippen LogP contribution in [-0.4, -0.2) is 10.2 Å². The Labute approximate surface area is 135 Å². The van der Waals surface area contributed by atoms with Crippen molar-refractivity contribution in [1.82, 2.24) is 10.2 Å². The van der Waals surface area contributed by atoms with Crippen LogP contribution in [0.2, 0.25) is 0 Å². The molecule has 22 heavy (non-hydrogen) atoms. The molecule has 0 unspecified atom stereocenters. The fourth-order valence-corrected chi connectivity index (χ4v) is 2.80. The van der Waals surface area contributed by atoms with E-state index in [4.69, 9.17) is 4.42 Å². The van der Waals surface area contributed by atoms with Crippen molar-refractivity contribution >= 4 is 26.7 Å². The Morgan fingerprint density at radius 2 is 1.41 bits per heavy atom. The Morgan fingerprint density at radius 1 is 0.682 bits per heavy atom. The molecule has 0 radical (unpaired) electrons. The van der Waals surface area contributed by atoms with Gasteiger partial charge in [0.15, 0.2) is 0 Å². The molecule has 3 aromatic carbocycles. The molecule has 0 spiro atoms. The fourth-order valence-electron chi connectivity index (χ4n) is 2.40. The summed E-state index contributed by atoms with van der Waals surface area (Å²) >= 11 is 3.45. The first-order valence-corrected chi connectivity index (χ1v) is 7.67. The molecule has 0 atom stereocenters. The number of benzene rings is 3. The van der Waals surface area contributed by atoms with Crippen molar-refractivity contribution in [2.45, 2.75) is 0 Å². The number of fused-ring (bicyclic) bond motifs is 1. The lowest BCUT2D eigenvalue weighted by atomic mass is 10.1. The maximum absolute atomic E-state index is 5.82. The van der Waals surface area contributed by atoms with Crippen molar-refractivity contribution < 1.29 is 4.42 Å². The molecular formula is C18H11BrN2O. The maximum Gasteiger partial charge on any atom is 0.248 e. The van der Waals surface area contributed by atoms with E-state index in [1.165, 1.54) is 5.39 Å². The average molecular weight is 351 g/mol. The molecule has 0 aliphatic heterocycles. The van der Waals surface area contributed by atoms with Gasteiger partial charge in [0.2, 0.25) is 11.8 Å².